The van der Waals surface area contributed by atoms with Crippen molar-refractivity contribution in [1.29, 1.82) is 0 Å². The van der Waals surface area contributed by atoms with Gasteiger partial charge >= 0.3 is 0 Å². The van der Waals surface area contributed by atoms with Gasteiger partial charge in [0.05, 0.1) is 11.3 Å². The molecule has 28 heavy (non-hydrogen) atoms. The van der Waals surface area contributed by atoms with Crippen LogP contribution in [0.3, 0.4) is 0 Å². The Morgan fingerprint density at radius 2 is 1.68 bits per heavy atom. The maximum absolute atomic E-state index is 12.6. The molecule has 1 atom stereocenters. The van der Waals surface area contributed by atoms with E-state index in [1.807, 2.05) is 12.1 Å². The van der Waals surface area contributed by atoms with E-state index >= 15 is 0 Å². The fraction of sp³-hybridized carbons (Fsp3) is 0.350. The number of thiophene rings is 1. The Bertz CT molecular complexity index is 970. The molecule has 0 bridgehead atoms. The number of ketones is 1. The van der Waals surface area contributed by atoms with Gasteiger partial charge in [-0.15, -0.1) is 11.3 Å². The Balaban J connectivity index is 1.33. The molecule has 4 heterocycles. The summed E-state index contributed by atoms with van der Waals surface area (Å²) in [7, 11) is 0. The molecule has 0 aromatic carbocycles. The predicted molar refractivity (Wildman–Crippen MR) is 108 cm³/mol. The molecule has 5 rings (SSSR count). The second-order valence-corrected chi connectivity index (χ2v) is 8.08. The molecule has 1 saturated heterocycles. The quantitative estimate of drug-likeness (QED) is 0.678. The normalized spacial score (nSPS) is 19.6. The minimum absolute atomic E-state index is 0.150. The van der Waals surface area contributed by atoms with Crippen LogP contribution in [0.5, 0.6) is 0 Å². The van der Waals surface area contributed by atoms with Gasteiger partial charge in [-0.3, -0.25) is 4.79 Å². The highest BCUT2D eigenvalue weighted by Gasteiger charge is 2.29. The third-order valence-electron chi connectivity index (χ3n) is 5.37. The van der Waals surface area contributed by atoms with Crippen molar-refractivity contribution in [3.05, 3.63) is 58.3 Å². The zero-order valence-corrected chi connectivity index (χ0v) is 16.2. The van der Waals surface area contributed by atoms with Crippen LogP contribution in [0.1, 0.15) is 33.3 Å². The first-order valence-corrected chi connectivity index (χ1v) is 10.4. The standard InChI is InChI=1S/C20H20N6OS/c27-17-12-14(18-3-1-10-28-18)11-16-15(17)13-23-20(24-16)26-8-6-25(7-9-26)19-21-4-2-5-22-19/h1-5,10,13-14H,6-9,11-12H2/t14-/m1/s1. The van der Waals surface area contributed by atoms with Crippen molar-refractivity contribution in [2.24, 2.45) is 0 Å². The van der Waals surface area contributed by atoms with Gasteiger partial charge in [0.25, 0.3) is 0 Å². The molecule has 0 radical (unpaired) electrons. The Morgan fingerprint density at radius 1 is 0.929 bits per heavy atom. The number of piperazine rings is 1. The van der Waals surface area contributed by atoms with Crippen LogP contribution in [0, 0.1) is 0 Å². The summed E-state index contributed by atoms with van der Waals surface area (Å²) in [5, 5.41) is 2.07. The maximum atomic E-state index is 12.6. The van der Waals surface area contributed by atoms with E-state index in [0.29, 0.717) is 17.9 Å². The molecule has 1 aliphatic heterocycles. The average molecular weight is 392 g/mol. The topological polar surface area (TPSA) is 75.1 Å². The first kappa shape index (κ1) is 17.2. The molecule has 1 fully saturated rings. The first-order valence-electron chi connectivity index (χ1n) is 9.47. The minimum Gasteiger partial charge on any atom is -0.337 e. The summed E-state index contributed by atoms with van der Waals surface area (Å²) in [5.74, 6) is 1.86. The molecule has 0 N–H and O–H groups in total. The lowest BCUT2D eigenvalue weighted by Crippen LogP contribution is -2.47. The third-order valence-corrected chi connectivity index (χ3v) is 6.40. The zero-order chi connectivity index (χ0) is 18.9. The Labute approximate surface area is 167 Å². The fourth-order valence-corrected chi connectivity index (χ4v) is 4.70. The van der Waals surface area contributed by atoms with E-state index in [0.717, 1.165) is 44.2 Å². The Morgan fingerprint density at radius 3 is 2.39 bits per heavy atom. The van der Waals surface area contributed by atoms with Crippen LogP contribution in [0.25, 0.3) is 0 Å². The molecule has 0 saturated carbocycles. The molecule has 2 aliphatic rings. The fourth-order valence-electron chi connectivity index (χ4n) is 3.87. The van der Waals surface area contributed by atoms with Gasteiger partial charge in [-0.25, -0.2) is 19.9 Å². The molecule has 142 valence electrons. The molecule has 3 aromatic heterocycles. The van der Waals surface area contributed by atoms with Crippen molar-refractivity contribution in [3.63, 3.8) is 0 Å². The number of anilines is 2. The van der Waals surface area contributed by atoms with Crippen LogP contribution in [0.4, 0.5) is 11.9 Å². The van der Waals surface area contributed by atoms with E-state index in [-0.39, 0.29) is 11.7 Å². The number of carbonyl (C=O) groups is 1. The Kier molecular flexibility index (Phi) is 4.48. The summed E-state index contributed by atoms with van der Waals surface area (Å²) < 4.78 is 0. The van der Waals surface area contributed by atoms with Gasteiger partial charge in [0.15, 0.2) is 5.78 Å². The number of rotatable bonds is 3. The molecular weight excluding hydrogens is 372 g/mol. The van der Waals surface area contributed by atoms with Crippen LogP contribution in [0.2, 0.25) is 0 Å². The minimum atomic E-state index is 0.150. The van der Waals surface area contributed by atoms with Gasteiger partial charge in [-0.2, -0.15) is 0 Å². The Hall–Kier alpha value is -2.87. The van der Waals surface area contributed by atoms with Gasteiger partial charge in [0.2, 0.25) is 11.9 Å². The van der Waals surface area contributed by atoms with Gasteiger partial charge < -0.3 is 9.80 Å². The van der Waals surface area contributed by atoms with Crippen LogP contribution < -0.4 is 9.80 Å². The second-order valence-electron chi connectivity index (χ2n) is 7.10. The lowest BCUT2D eigenvalue weighted by atomic mass is 9.86. The third kappa shape index (κ3) is 3.24. The van der Waals surface area contributed by atoms with Crippen molar-refractivity contribution in [3.8, 4) is 0 Å². The van der Waals surface area contributed by atoms with E-state index in [4.69, 9.17) is 4.98 Å². The van der Waals surface area contributed by atoms with E-state index in [1.165, 1.54) is 4.88 Å². The highest BCUT2D eigenvalue weighted by atomic mass is 32.1. The molecule has 7 nitrogen and oxygen atoms in total. The van der Waals surface area contributed by atoms with E-state index < -0.39 is 0 Å². The predicted octanol–water partition coefficient (Wildman–Crippen LogP) is 2.57. The van der Waals surface area contributed by atoms with Crippen LogP contribution >= 0.6 is 11.3 Å². The lowest BCUT2D eigenvalue weighted by Gasteiger charge is -2.35. The number of hydrogen-bond donors (Lipinski definition) is 0. The number of carbonyl (C=O) groups excluding carboxylic acids is 1. The van der Waals surface area contributed by atoms with Crippen LogP contribution in [0.15, 0.2) is 42.2 Å². The van der Waals surface area contributed by atoms with Crippen molar-refractivity contribution in [1.82, 2.24) is 19.9 Å². The lowest BCUT2D eigenvalue weighted by molar-refractivity contribution is 0.0963. The molecule has 0 amide bonds. The highest BCUT2D eigenvalue weighted by Crippen LogP contribution is 2.34. The molecule has 0 unspecified atom stereocenters. The summed E-state index contributed by atoms with van der Waals surface area (Å²) in [6.07, 6.45) is 6.60. The summed E-state index contributed by atoms with van der Waals surface area (Å²) in [4.78, 5) is 36.1. The van der Waals surface area contributed by atoms with Crippen molar-refractivity contribution in [2.75, 3.05) is 36.0 Å². The molecule has 3 aromatic rings. The van der Waals surface area contributed by atoms with Gasteiger partial charge in [0.1, 0.15) is 0 Å². The summed E-state index contributed by atoms with van der Waals surface area (Å²) in [6, 6.07) is 5.98. The van der Waals surface area contributed by atoms with Crippen molar-refractivity contribution < 1.29 is 4.79 Å². The van der Waals surface area contributed by atoms with E-state index in [2.05, 4.69) is 36.2 Å². The zero-order valence-electron chi connectivity index (χ0n) is 15.4. The first-order chi connectivity index (χ1) is 13.8. The monoisotopic (exact) mass is 392 g/mol. The second kappa shape index (κ2) is 7.27. The van der Waals surface area contributed by atoms with Gasteiger partial charge in [-0.05, 0) is 23.9 Å². The number of hydrogen-bond acceptors (Lipinski definition) is 8. The number of aromatic nitrogens is 4. The summed E-state index contributed by atoms with van der Waals surface area (Å²) in [5.41, 5.74) is 1.57. The summed E-state index contributed by atoms with van der Waals surface area (Å²) >= 11 is 1.71. The molecule has 1 aliphatic carbocycles. The summed E-state index contributed by atoms with van der Waals surface area (Å²) in [6.45, 7) is 3.25. The largest absolute Gasteiger partial charge is 0.337 e. The average Bonchev–Trinajstić information content (AvgIpc) is 3.29. The van der Waals surface area contributed by atoms with Crippen molar-refractivity contribution in [2.45, 2.75) is 18.8 Å². The number of nitrogens with zero attached hydrogens (tertiary/aromatic N) is 6. The van der Waals surface area contributed by atoms with E-state index in [9.17, 15) is 4.79 Å². The maximum Gasteiger partial charge on any atom is 0.225 e. The van der Waals surface area contributed by atoms with Crippen molar-refractivity contribution >= 4 is 29.0 Å². The highest BCUT2D eigenvalue weighted by molar-refractivity contribution is 7.10. The van der Waals surface area contributed by atoms with Gasteiger partial charge in [-0.1, -0.05) is 6.07 Å². The van der Waals surface area contributed by atoms with Gasteiger partial charge in [0, 0.05) is 62.0 Å². The SMILES string of the molecule is O=C1C[C@H](c2cccs2)Cc2nc(N3CCN(c4ncccn4)CC3)ncc21. The number of fused-ring (bicyclic) bond motifs is 1. The molecule has 0 spiro atoms. The number of Topliss-reactive ketones (excluding diaryl/α,β-unsaturated/α-hetero) is 1. The molecule has 8 heteroatoms. The van der Waals surface area contributed by atoms with Crippen LogP contribution in [-0.2, 0) is 6.42 Å². The smallest absolute Gasteiger partial charge is 0.225 e. The van der Waals surface area contributed by atoms with Crippen LogP contribution in [-0.4, -0.2) is 51.9 Å². The molecular formula is C20H20N6OS. The van der Waals surface area contributed by atoms with E-state index in [1.54, 1.807) is 29.9 Å².